The van der Waals surface area contributed by atoms with E-state index in [2.05, 4.69) is 16.9 Å². The number of aromatic amines is 2. The molecule has 2 N–H and O–H groups in total. The van der Waals surface area contributed by atoms with Gasteiger partial charge in [0.05, 0.1) is 0 Å². The molecule has 0 radical (unpaired) electrons. The molecular weight excluding hydrogens is 216 g/mol. The minimum atomic E-state index is 0.710. The average Bonchev–Trinajstić information content (AvgIpc) is 2.81. The third kappa shape index (κ3) is 7.01. The molecule has 2 rings (SSSR count). The molecular formula is C13H20N2S. The first-order chi connectivity index (χ1) is 7.83. The third-order valence-electron chi connectivity index (χ3n) is 1.70. The van der Waals surface area contributed by atoms with Crippen LogP contribution in [0.25, 0.3) is 0 Å². The molecule has 2 nitrogen and oxygen atoms in total. The van der Waals surface area contributed by atoms with Gasteiger partial charge in [0.25, 0.3) is 0 Å². The highest BCUT2D eigenvalue weighted by molar-refractivity contribution is 7.71. The predicted octanol–water partition coefficient (Wildman–Crippen LogP) is 4.35. The Morgan fingerprint density at radius 1 is 1.00 bits per heavy atom. The number of benzene rings is 1. The number of aryl methyl sites for hydroxylation is 1. The minimum Gasteiger partial charge on any atom is -0.337 e. The van der Waals surface area contributed by atoms with Gasteiger partial charge in [-0.05, 0) is 18.6 Å². The van der Waals surface area contributed by atoms with Crippen LogP contribution in [0.5, 0.6) is 0 Å². The summed E-state index contributed by atoms with van der Waals surface area (Å²) in [7, 11) is 0. The summed E-state index contributed by atoms with van der Waals surface area (Å²) < 4.78 is 0.710. The summed E-state index contributed by atoms with van der Waals surface area (Å²) in [6.45, 7) is 6.08. The molecule has 0 aliphatic heterocycles. The van der Waals surface area contributed by atoms with Gasteiger partial charge in [-0.1, -0.05) is 57.2 Å². The van der Waals surface area contributed by atoms with Gasteiger partial charge in [-0.3, -0.25) is 0 Å². The molecule has 2 aromatic rings. The zero-order valence-corrected chi connectivity index (χ0v) is 11.0. The number of H-pyrrole nitrogens is 2. The van der Waals surface area contributed by atoms with Crippen molar-refractivity contribution in [1.82, 2.24) is 9.97 Å². The van der Waals surface area contributed by atoms with E-state index in [1.54, 1.807) is 0 Å². The van der Waals surface area contributed by atoms with E-state index in [0.29, 0.717) is 4.77 Å². The molecule has 0 spiro atoms. The highest BCUT2D eigenvalue weighted by Crippen LogP contribution is 1.91. The van der Waals surface area contributed by atoms with Crippen LogP contribution in [0.3, 0.4) is 0 Å². The molecule has 3 heteroatoms. The lowest BCUT2D eigenvalue weighted by Crippen LogP contribution is -1.74. The van der Waals surface area contributed by atoms with Crippen molar-refractivity contribution < 1.29 is 0 Å². The van der Waals surface area contributed by atoms with E-state index in [9.17, 15) is 0 Å². The van der Waals surface area contributed by atoms with E-state index in [1.807, 2.05) is 56.4 Å². The highest BCUT2D eigenvalue weighted by Gasteiger charge is 1.84. The van der Waals surface area contributed by atoms with Crippen molar-refractivity contribution in [2.45, 2.75) is 27.2 Å². The van der Waals surface area contributed by atoms with Crippen LogP contribution < -0.4 is 0 Å². The molecule has 88 valence electrons. The van der Waals surface area contributed by atoms with E-state index < -0.39 is 0 Å². The Balaban J connectivity index is 0.000000251. The maximum absolute atomic E-state index is 4.79. The second-order valence-corrected chi connectivity index (χ2v) is 3.18. The van der Waals surface area contributed by atoms with E-state index >= 15 is 0 Å². The zero-order chi connectivity index (χ0) is 12.2. The van der Waals surface area contributed by atoms with E-state index in [4.69, 9.17) is 12.2 Å². The standard InChI is InChI=1S/C6H6.C5H8N2S.C2H6/c1-2-4-6-5-3-1;1-2-4-3-6-5(8)7-4;1-2/h1-6H;3H,2H2,1H3,(H2,6,7,8);1-2H3. The number of imidazole rings is 1. The lowest BCUT2D eigenvalue weighted by Gasteiger charge is -1.79. The molecule has 16 heavy (non-hydrogen) atoms. The lowest BCUT2D eigenvalue weighted by molar-refractivity contribution is 1.06. The van der Waals surface area contributed by atoms with Crippen molar-refractivity contribution >= 4 is 12.2 Å². The minimum absolute atomic E-state index is 0.710. The van der Waals surface area contributed by atoms with Crippen molar-refractivity contribution in [3.05, 3.63) is 53.1 Å². The number of hydrogen-bond acceptors (Lipinski definition) is 1. The fraction of sp³-hybridized carbons (Fsp3) is 0.308. The van der Waals surface area contributed by atoms with Crippen molar-refractivity contribution in [3.8, 4) is 0 Å². The SMILES string of the molecule is CC.CCc1c[nH]c(=S)[nH]1.c1ccccc1. The summed E-state index contributed by atoms with van der Waals surface area (Å²) >= 11 is 4.79. The topological polar surface area (TPSA) is 31.6 Å². The van der Waals surface area contributed by atoms with Gasteiger partial charge in [0.1, 0.15) is 0 Å². The molecule has 0 bridgehead atoms. The van der Waals surface area contributed by atoms with Crippen molar-refractivity contribution in [3.63, 3.8) is 0 Å². The smallest absolute Gasteiger partial charge is 0.174 e. The molecule has 0 aliphatic rings. The molecule has 0 aliphatic carbocycles. The van der Waals surface area contributed by atoms with Gasteiger partial charge >= 0.3 is 0 Å². The van der Waals surface area contributed by atoms with Crippen LogP contribution in [0.1, 0.15) is 26.5 Å². The molecule has 0 atom stereocenters. The van der Waals surface area contributed by atoms with E-state index in [-0.39, 0.29) is 0 Å². The number of nitrogens with one attached hydrogen (secondary N) is 2. The number of aromatic nitrogens is 2. The zero-order valence-electron chi connectivity index (χ0n) is 10.2. The Bertz CT molecular complexity index is 363. The Kier molecular flexibility index (Phi) is 9.32. The summed E-state index contributed by atoms with van der Waals surface area (Å²) in [5, 5.41) is 0. The van der Waals surface area contributed by atoms with Crippen LogP contribution in [-0.4, -0.2) is 9.97 Å². The summed E-state index contributed by atoms with van der Waals surface area (Å²) in [6, 6.07) is 12.0. The monoisotopic (exact) mass is 236 g/mol. The Labute approximate surface area is 103 Å². The normalized spacial score (nSPS) is 8.19. The van der Waals surface area contributed by atoms with Crippen molar-refractivity contribution in [2.75, 3.05) is 0 Å². The van der Waals surface area contributed by atoms with Crippen LogP contribution in [0.4, 0.5) is 0 Å². The quantitative estimate of drug-likeness (QED) is 0.709. The van der Waals surface area contributed by atoms with Crippen LogP contribution in [0.15, 0.2) is 42.6 Å². The maximum atomic E-state index is 4.79. The van der Waals surface area contributed by atoms with Gasteiger partial charge in [0.15, 0.2) is 4.77 Å². The molecule has 0 saturated carbocycles. The fourth-order valence-electron chi connectivity index (χ4n) is 0.946. The first-order valence-electron chi connectivity index (χ1n) is 5.59. The number of hydrogen-bond donors (Lipinski definition) is 2. The molecule has 1 aromatic carbocycles. The summed E-state index contributed by atoms with van der Waals surface area (Å²) in [5.41, 5.74) is 1.16. The van der Waals surface area contributed by atoms with Gasteiger partial charge in [-0.25, -0.2) is 0 Å². The third-order valence-corrected chi connectivity index (χ3v) is 1.92. The van der Waals surface area contributed by atoms with Gasteiger partial charge in [-0.2, -0.15) is 0 Å². The Hall–Kier alpha value is -1.35. The van der Waals surface area contributed by atoms with E-state index in [1.165, 1.54) is 0 Å². The largest absolute Gasteiger partial charge is 0.337 e. The highest BCUT2D eigenvalue weighted by atomic mass is 32.1. The van der Waals surface area contributed by atoms with Gasteiger partial charge < -0.3 is 9.97 Å². The Morgan fingerprint density at radius 2 is 1.44 bits per heavy atom. The number of rotatable bonds is 1. The van der Waals surface area contributed by atoms with Crippen LogP contribution in [0, 0.1) is 4.77 Å². The first-order valence-corrected chi connectivity index (χ1v) is 6.00. The maximum Gasteiger partial charge on any atom is 0.174 e. The second kappa shape index (κ2) is 10.2. The van der Waals surface area contributed by atoms with Crippen LogP contribution in [0.2, 0.25) is 0 Å². The molecule has 0 amide bonds. The molecule has 0 saturated heterocycles. The summed E-state index contributed by atoms with van der Waals surface area (Å²) in [4.78, 5) is 5.86. The second-order valence-electron chi connectivity index (χ2n) is 2.78. The van der Waals surface area contributed by atoms with Gasteiger partial charge in [-0.15, -0.1) is 0 Å². The fourth-order valence-corrected chi connectivity index (χ4v) is 1.14. The Morgan fingerprint density at radius 3 is 1.62 bits per heavy atom. The van der Waals surface area contributed by atoms with Gasteiger partial charge in [0.2, 0.25) is 0 Å². The predicted molar refractivity (Wildman–Crippen MR) is 73.1 cm³/mol. The van der Waals surface area contributed by atoms with Gasteiger partial charge in [0, 0.05) is 11.9 Å². The summed E-state index contributed by atoms with van der Waals surface area (Å²) in [5.74, 6) is 0. The lowest BCUT2D eigenvalue weighted by atomic mass is 10.4. The van der Waals surface area contributed by atoms with E-state index in [0.717, 1.165) is 12.1 Å². The van der Waals surface area contributed by atoms with Crippen LogP contribution in [-0.2, 0) is 6.42 Å². The summed E-state index contributed by atoms with van der Waals surface area (Å²) in [6.07, 6.45) is 2.90. The average molecular weight is 236 g/mol. The molecule has 1 aromatic heterocycles. The van der Waals surface area contributed by atoms with Crippen molar-refractivity contribution in [1.29, 1.82) is 0 Å². The molecule has 0 unspecified atom stereocenters. The van der Waals surface area contributed by atoms with Crippen molar-refractivity contribution in [2.24, 2.45) is 0 Å². The molecule has 0 fully saturated rings. The first kappa shape index (κ1) is 14.6. The molecule has 1 heterocycles. The van der Waals surface area contributed by atoms with Crippen LogP contribution >= 0.6 is 12.2 Å².